The third-order valence-electron chi connectivity index (χ3n) is 4.45. The Kier molecular flexibility index (Phi) is 7.63. The van der Waals surface area contributed by atoms with Gasteiger partial charge in [-0.25, -0.2) is 4.79 Å². The van der Waals surface area contributed by atoms with Crippen LogP contribution in [-0.2, 0) is 22.6 Å². The number of carbonyl (C=O) groups is 2. The molecule has 156 valence electrons. The van der Waals surface area contributed by atoms with Crippen LogP contribution in [0.4, 0.5) is 4.79 Å². The van der Waals surface area contributed by atoms with Gasteiger partial charge in [0, 0.05) is 6.42 Å². The molecular weight excluding hydrogens is 384 g/mol. The summed E-state index contributed by atoms with van der Waals surface area (Å²) < 4.78 is 10.4. The summed E-state index contributed by atoms with van der Waals surface area (Å²) >= 11 is 0. The topological polar surface area (TPSA) is 101 Å². The maximum absolute atomic E-state index is 12.7. The Morgan fingerprint density at radius 3 is 2.23 bits per heavy atom. The number of aliphatic hydroxyl groups excluding tert-OH is 1. The molecule has 7 nitrogen and oxygen atoms in total. The third kappa shape index (κ3) is 6.49. The number of benzene rings is 2. The average Bonchev–Trinajstić information content (AvgIpc) is 3.32. The van der Waals surface area contributed by atoms with Crippen molar-refractivity contribution in [2.45, 2.75) is 25.2 Å². The van der Waals surface area contributed by atoms with Crippen molar-refractivity contribution in [1.82, 2.24) is 10.6 Å². The quantitative estimate of drug-likeness (QED) is 0.505. The largest absolute Gasteiger partial charge is 0.467 e. The van der Waals surface area contributed by atoms with Gasteiger partial charge in [0.05, 0.1) is 12.8 Å². The van der Waals surface area contributed by atoms with Gasteiger partial charge < -0.3 is 24.9 Å². The van der Waals surface area contributed by atoms with Crippen LogP contribution in [0.1, 0.15) is 23.0 Å². The number of alkyl carbamates (subject to hydrolysis) is 1. The predicted molar refractivity (Wildman–Crippen MR) is 110 cm³/mol. The van der Waals surface area contributed by atoms with Crippen molar-refractivity contribution >= 4 is 12.0 Å². The second-order valence-electron chi connectivity index (χ2n) is 6.72. The molecule has 0 fully saturated rings. The van der Waals surface area contributed by atoms with E-state index in [4.69, 9.17) is 9.15 Å². The molecule has 30 heavy (non-hydrogen) atoms. The second-order valence-corrected chi connectivity index (χ2v) is 6.72. The van der Waals surface area contributed by atoms with E-state index < -0.39 is 24.1 Å². The minimum absolute atomic E-state index is 0.0433. The summed E-state index contributed by atoms with van der Waals surface area (Å²) in [6, 6.07) is 21.0. The molecule has 7 heteroatoms. The van der Waals surface area contributed by atoms with Crippen molar-refractivity contribution in [3.63, 3.8) is 0 Å². The molecule has 1 heterocycles. The van der Waals surface area contributed by atoms with Crippen molar-refractivity contribution in [3.8, 4) is 0 Å². The maximum atomic E-state index is 12.7. The molecule has 0 spiro atoms. The standard InChI is InChI=1S/C23H24N2O5/c26-20(21-12-7-13-29-21)15-24-22(27)19(14-17-8-3-1-4-9-17)25-23(28)30-16-18-10-5-2-6-11-18/h1-13,19-20,26H,14-16H2,(H,24,27)(H,25,28). The number of hydrogen-bond donors (Lipinski definition) is 3. The second kappa shape index (κ2) is 10.8. The number of carbonyl (C=O) groups excluding carboxylic acids is 2. The van der Waals surface area contributed by atoms with E-state index in [1.54, 1.807) is 12.1 Å². The lowest BCUT2D eigenvalue weighted by Gasteiger charge is -2.19. The average molecular weight is 408 g/mol. The van der Waals surface area contributed by atoms with Gasteiger partial charge in [0.15, 0.2) is 0 Å². The molecule has 2 amide bonds. The summed E-state index contributed by atoms with van der Waals surface area (Å²) in [5, 5.41) is 15.4. The van der Waals surface area contributed by atoms with E-state index in [0.717, 1.165) is 11.1 Å². The summed E-state index contributed by atoms with van der Waals surface area (Å²) in [6.07, 6.45) is 0.0557. The maximum Gasteiger partial charge on any atom is 0.408 e. The number of amides is 2. The van der Waals surface area contributed by atoms with Gasteiger partial charge in [-0.3, -0.25) is 4.79 Å². The van der Waals surface area contributed by atoms with E-state index in [1.165, 1.54) is 6.26 Å². The highest BCUT2D eigenvalue weighted by Gasteiger charge is 2.23. The molecule has 0 aliphatic heterocycles. The van der Waals surface area contributed by atoms with Gasteiger partial charge in [-0.1, -0.05) is 60.7 Å². The number of furan rings is 1. The highest BCUT2D eigenvalue weighted by Crippen LogP contribution is 2.12. The van der Waals surface area contributed by atoms with E-state index in [1.807, 2.05) is 60.7 Å². The van der Waals surface area contributed by atoms with E-state index in [2.05, 4.69) is 10.6 Å². The van der Waals surface area contributed by atoms with Crippen LogP contribution in [-0.4, -0.2) is 29.7 Å². The normalized spacial score (nSPS) is 12.6. The predicted octanol–water partition coefficient (Wildman–Crippen LogP) is 2.97. The molecule has 3 rings (SSSR count). The van der Waals surface area contributed by atoms with Gasteiger partial charge in [0.25, 0.3) is 0 Å². The number of rotatable bonds is 9. The molecule has 0 bridgehead atoms. The van der Waals surface area contributed by atoms with Crippen LogP contribution in [0.2, 0.25) is 0 Å². The summed E-state index contributed by atoms with van der Waals surface area (Å²) in [4.78, 5) is 25.0. The van der Waals surface area contributed by atoms with Crippen LogP contribution in [0.3, 0.4) is 0 Å². The minimum Gasteiger partial charge on any atom is -0.467 e. The molecule has 3 aromatic rings. The lowest BCUT2D eigenvalue weighted by Crippen LogP contribution is -2.48. The fourth-order valence-electron chi connectivity index (χ4n) is 2.87. The van der Waals surface area contributed by atoms with Crippen molar-refractivity contribution in [3.05, 3.63) is 95.9 Å². The van der Waals surface area contributed by atoms with Crippen molar-refractivity contribution in [1.29, 1.82) is 0 Å². The molecular formula is C23H24N2O5. The molecule has 0 saturated carbocycles. The fourth-order valence-corrected chi connectivity index (χ4v) is 2.87. The summed E-state index contributed by atoms with van der Waals surface area (Å²) in [5.74, 6) is -0.0775. The van der Waals surface area contributed by atoms with E-state index in [0.29, 0.717) is 5.76 Å². The molecule has 2 aromatic carbocycles. The Balaban J connectivity index is 1.58. The molecule has 0 saturated heterocycles. The molecule has 2 unspecified atom stereocenters. The van der Waals surface area contributed by atoms with Crippen LogP contribution >= 0.6 is 0 Å². The van der Waals surface area contributed by atoms with E-state index >= 15 is 0 Å². The lowest BCUT2D eigenvalue weighted by molar-refractivity contribution is -0.123. The molecule has 2 atom stereocenters. The SMILES string of the molecule is O=C(NC(Cc1ccccc1)C(=O)NCC(O)c1ccco1)OCc1ccccc1. The Morgan fingerprint density at radius 2 is 1.60 bits per heavy atom. The Labute approximate surface area is 174 Å². The smallest absolute Gasteiger partial charge is 0.408 e. The van der Waals surface area contributed by atoms with Crippen LogP contribution in [0.5, 0.6) is 0 Å². The third-order valence-corrected chi connectivity index (χ3v) is 4.45. The highest BCUT2D eigenvalue weighted by molar-refractivity contribution is 5.85. The van der Waals surface area contributed by atoms with Gasteiger partial charge in [0.2, 0.25) is 5.91 Å². The van der Waals surface area contributed by atoms with Gasteiger partial charge in [-0.15, -0.1) is 0 Å². The highest BCUT2D eigenvalue weighted by atomic mass is 16.5. The first kappa shape index (κ1) is 21.1. The van der Waals surface area contributed by atoms with Gasteiger partial charge in [0.1, 0.15) is 24.5 Å². The minimum atomic E-state index is -0.980. The zero-order valence-electron chi connectivity index (χ0n) is 16.4. The van der Waals surface area contributed by atoms with Crippen molar-refractivity contribution < 1.29 is 23.8 Å². The number of nitrogens with one attached hydrogen (secondary N) is 2. The van der Waals surface area contributed by atoms with Crippen LogP contribution in [0.15, 0.2) is 83.5 Å². The zero-order valence-corrected chi connectivity index (χ0v) is 16.4. The van der Waals surface area contributed by atoms with Gasteiger partial charge in [-0.05, 0) is 23.3 Å². The monoisotopic (exact) mass is 408 g/mol. The van der Waals surface area contributed by atoms with Crippen molar-refractivity contribution in [2.24, 2.45) is 0 Å². The number of ether oxygens (including phenoxy) is 1. The summed E-state index contributed by atoms with van der Waals surface area (Å²) in [7, 11) is 0. The molecule has 0 radical (unpaired) electrons. The van der Waals surface area contributed by atoms with Crippen LogP contribution < -0.4 is 10.6 Å². The first-order valence-corrected chi connectivity index (χ1v) is 9.62. The number of hydrogen-bond acceptors (Lipinski definition) is 5. The fraction of sp³-hybridized carbons (Fsp3) is 0.217. The lowest BCUT2D eigenvalue weighted by atomic mass is 10.1. The first-order valence-electron chi connectivity index (χ1n) is 9.62. The first-order chi connectivity index (χ1) is 14.6. The Hall–Kier alpha value is -3.58. The molecule has 3 N–H and O–H groups in total. The van der Waals surface area contributed by atoms with E-state index in [-0.39, 0.29) is 19.6 Å². The summed E-state index contributed by atoms with van der Waals surface area (Å²) in [6.45, 7) is 0.0575. The van der Waals surface area contributed by atoms with E-state index in [9.17, 15) is 14.7 Å². The zero-order chi connectivity index (χ0) is 21.2. The van der Waals surface area contributed by atoms with Gasteiger partial charge >= 0.3 is 6.09 Å². The van der Waals surface area contributed by atoms with Crippen LogP contribution in [0, 0.1) is 0 Å². The van der Waals surface area contributed by atoms with Gasteiger partial charge in [-0.2, -0.15) is 0 Å². The summed E-state index contributed by atoms with van der Waals surface area (Å²) in [5.41, 5.74) is 1.73. The number of aliphatic hydroxyl groups is 1. The molecule has 1 aromatic heterocycles. The molecule has 0 aliphatic rings. The molecule has 0 aliphatic carbocycles. The Morgan fingerprint density at radius 1 is 0.933 bits per heavy atom. The Bertz CT molecular complexity index is 913. The van der Waals surface area contributed by atoms with Crippen LogP contribution in [0.25, 0.3) is 0 Å². The van der Waals surface area contributed by atoms with Crippen molar-refractivity contribution in [2.75, 3.05) is 6.54 Å².